The fourth-order valence-electron chi connectivity index (χ4n) is 3.12. The van der Waals surface area contributed by atoms with Crippen LogP contribution in [-0.4, -0.2) is 4.98 Å². The van der Waals surface area contributed by atoms with Crippen LogP contribution in [0.25, 0.3) is 42.0 Å². The van der Waals surface area contributed by atoms with Gasteiger partial charge in [-0.05, 0) is 24.3 Å². The number of aromatic nitrogens is 1. The van der Waals surface area contributed by atoms with Gasteiger partial charge in [-0.1, -0.05) is 41.9 Å². The van der Waals surface area contributed by atoms with Crippen LogP contribution in [0.1, 0.15) is 0 Å². The zero-order valence-electron chi connectivity index (χ0n) is 11.0. The predicted molar refractivity (Wildman–Crippen MR) is 93.7 cm³/mol. The first kappa shape index (κ1) is 11.6. The highest BCUT2D eigenvalue weighted by atomic mass is 35.5. The molecular weight excluding hydrogens is 298 g/mol. The van der Waals surface area contributed by atoms with Gasteiger partial charge < -0.3 is 4.98 Å². The predicted octanol–water partition coefficient (Wildman–Crippen LogP) is 6.34. The molecule has 0 atom stereocenters. The molecule has 0 bridgehead atoms. The molecule has 3 aromatic carbocycles. The van der Waals surface area contributed by atoms with Crippen molar-refractivity contribution in [3.8, 4) is 0 Å². The molecule has 5 aromatic rings. The lowest BCUT2D eigenvalue weighted by Crippen LogP contribution is -1.69. The van der Waals surface area contributed by atoms with E-state index in [1.54, 1.807) is 0 Å². The molecule has 0 unspecified atom stereocenters. The first-order valence-corrected chi connectivity index (χ1v) is 8.02. The third kappa shape index (κ3) is 1.52. The van der Waals surface area contributed by atoms with Gasteiger partial charge >= 0.3 is 0 Å². The minimum absolute atomic E-state index is 0.778. The van der Waals surface area contributed by atoms with E-state index in [1.165, 1.54) is 36.5 Å². The van der Waals surface area contributed by atoms with E-state index in [1.807, 2.05) is 23.5 Å². The highest BCUT2D eigenvalue weighted by Crippen LogP contribution is 2.40. The number of thiophene rings is 1. The van der Waals surface area contributed by atoms with Crippen molar-refractivity contribution >= 4 is 64.9 Å². The molecule has 0 aliphatic heterocycles. The summed E-state index contributed by atoms with van der Waals surface area (Å²) in [5.41, 5.74) is 2.35. The Morgan fingerprint density at radius 1 is 0.810 bits per heavy atom. The van der Waals surface area contributed by atoms with Gasteiger partial charge in [-0.15, -0.1) is 11.3 Å². The summed E-state index contributed by atoms with van der Waals surface area (Å²) in [6, 6.07) is 19.0. The molecule has 0 aliphatic rings. The molecule has 5 rings (SSSR count). The number of halogens is 1. The lowest BCUT2D eigenvalue weighted by atomic mass is 10.1. The van der Waals surface area contributed by atoms with Crippen molar-refractivity contribution < 1.29 is 0 Å². The SMILES string of the molecule is Clc1ccc2[nH]c3c(ccc4c5ccccc5sc43)c2c1. The molecule has 0 spiro atoms. The third-order valence-electron chi connectivity index (χ3n) is 4.08. The number of hydrogen-bond donors (Lipinski definition) is 1. The summed E-state index contributed by atoms with van der Waals surface area (Å²) in [7, 11) is 0. The third-order valence-corrected chi connectivity index (χ3v) is 5.52. The van der Waals surface area contributed by atoms with E-state index in [0.29, 0.717) is 0 Å². The van der Waals surface area contributed by atoms with E-state index < -0.39 is 0 Å². The Morgan fingerprint density at radius 3 is 2.62 bits per heavy atom. The average Bonchev–Trinajstić information content (AvgIpc) is 3.05. The van der Waals surface area contributed by atoms with Gasteiger partial charge in [0.15, 0.2) is 0 Å². The lowest BCUT2D eigenvalue weighted by Gasteiger charge is -1.94. The van der Waals surface area contributed by atoms with Gasteiger partial charge in [0, 0.05) is 36.8 Å². The number of hydrogen-bond acceptors (Lipinski definition) is 1. The normalized spacial score (nSPS) is 12.0. The highest BCUT2D eigenvalue weighted by Gasteiger charge is 2.12. The second-order valence-electron chi connectivity index (χ2n) is 5.28. The van der Waals surface area contributed by atoms with E-state index in [9.17, 15) is 0 Å². The van der Waals surface area contributed by atoms with E-state index in [-0.39, 0.29) is 0 Å². The van der Waals surface area contributed by atoms with Crippen LogP contribution in [0.2, 0.25) is 5.02 Å². The summed E-state index contributed by atoms with van der Waals surface area (Å²) in [5, 5.41) is 5.86. The fourth-order valence-corrected chi connectivity index (χ4v) is 4.50. The summed E-state index contributed by atoms with van der Waals surface area (Å²) in [5.74, 6) is 0. The Balaban J connectivity index is 2.06. The molecule has 1 N–H and O–H groups in total. The molecule has 1 nitrogen and oxygen atoms in total. The van der Waals surface area contributed by atoms with Gasteiger partial charge in [0.1, 0.15) is 0 Å². The van der Waals surface area contributed by atoms with E-state index >= 15 is 0 Å². The molecule has 2 aromatic heterocycles. The summed E-state index contributed by atoms with van der Waals surface area (Å²) in [6.45, 7) is 0. The van der Waals surface area contributed by atoms with Crippen LogP contribution in [0.4, 0.5) is 0 Å². The smallest absolute Gasteiger partial charge is 0.0646 e. The minimum atomic E-state index is 0.778. The van der Waals surface area contributed by atoms with Gasteiger partial charge in [-0.3, -0.25) is 0 Å². The van der Waals surface area contributed by atoms with Crippen LogP contribution in [0.5, 0.6) is 0 Å². The number of benzene rings is 3. The molecule has 0 fully saturated rings. The van der Waals surface area contributed by atoms with Gasteiger partial charge in [-0.25, -0.2) is 0 Å². The number of rotatable bonds is 0. The monoisotopic (exact) mass is 307 g/mol. The van der Waals surface area contributed by atoms with Crippen LogP contribution in [0, 0.1) is 0 Å². The average molecular weight is 308 g/mol. The van der Waals surface area contributed by atoms with Crippen LogP contribution >= 0.6 is 22.9 Å². The highest BCUT2D eigenvalue weighted by molar-refractivity contribution is 7.26. The van der Waals surface area contributed by atoms with Crippen molar-refractivity contribution in [2.75, 3.05) is 0 Å². The fraction of sp³-hybridized carbons (Fsp3) is 0. The lowest BCUT2D eigenvalue weighted by molar-refractivity contribution is 1.57. The molecule has 3 heteroatoms. The molecule has 0 radical (unpaired) electrons. The first-order chi connectivity index (χ1) is 10.3. The molecule has 100 valence electrons. The van der Waals surface area contributed by atoms with Gasteiger partial charge in [0.05, 0.1) is 10.2 Å². The van der Waals surface area contributed by atoms with Crippen LogP contribution in [0.15, 0.2) is 54.6 Å². The largest absolute Gasteiger partial charge is 0.353 e. The molecule has 0 saturated heterocycles. The summed E-state index contributed by atoms with van der Waals surface area (Å²) < 4.78 is 2.65. The van der Waals surface area contributed by atoms with Crippen molar-refractivity contribution in [2.24, 2.45) is 0 Å². The van der Waals surface area contributed by atoms with Crippen molar-refractivity contribution in [1.82, 2.24) is 4.98 Å². The number of H-pyrrole nitrogens is 1. The Kier molecular flexibility index (Phi) is 2.21. The maximum Gasteiger partial charge on any atom is 0.0646 e. The molecule has 0 aliphatic carbocycles. The second-order valence-corrected chi connectivity index (χ2v) is 6.77. The van der Waals surface area contributed by atoms with E-state index in [2.05, 4.69) is 47.4 Å². The van der Waals surface area contributed by atoms with Gasteiger partial charge in [0.25, 0.3) is 0 Å². The van der Waals surface area contributed by atoms with Crippen molar-refractivity contribution in [1.29, 1.82) is 0 Å². The quantitative estimate of drug-likeness (QED) is 0.343. The van der Waals surface area contributed by atoms with Crippen LogP contribution in [0.3, 0.4) is 0 Å². The summed E-state index contributed by atoms with van der Waals surface area (Å²) >= 11 is 7.99. The molecule has 21 heavy (non-hydrogen) atoms. The summed E-state index contributed by atoms with van der Waals surface area (Å²) in [6.07, 6.45) is 0. The van der Waals surface area contributed by atoms with Crippen molar-refractivity contribution in [3.63, 3.8) is 0 Å². The van der Waals surface area contributed by atoms with Gasteiger partial charge in [0.2, 0.25) is 0 Å². The Hall–Kier alpha value is -2.03. The number of aromatic amines is 1. The molecule has 0 amide bonds. The van der Waals surface area contributed by atoms with Gasteiger partial charge in [-0.2, -0.15) is 0 Å². The van der Waals surface area contributed by atoms with Crippen molar-refractivity contribution in [3.05, 3.63) is 59.6 Å². The summed E-state index contributed by atoms with van der Waals surface area (Å²) in [4.78, 5) is 3.56. The van der Waals surface area contributed by atoms with Crippen LogP contribution in [-0.2, 0) is 0 Å². The molecule has 0 saturated carbocycles. The zero-order chi connectivity index (χ0) is 14.0. The van der Waals surface area contributed by atoms with Crippen LogP contribution < -0.4 is 0 Å². The maximum absolute atomic E-state index is 6.15. The molecule has 2 heterocycles. The molecular formula is C18H10ClNS. The Labute approximate surface area is 129 Å². The van der Waals surface area contributed by atoms with E-state index in [0.717, 1.165) is 10.5 Å². The van der Waals surface area contributed by atoms with E-state index in [4.69, 9.17) is 11.6 Å². The second kappa shape index (κ2) is 4.00. The zero-order valence-corrected chi connectivity index (χ0v) is 12.6. The Bertz CT molecular complexity index is 1150. The number of fused-ring (bicyclic) bond motifs is 7. The minimum Gasteiger partial charge on any atom is -0.353 e. The van der Waals surface area contributed by atoms with Crippen molar-refractivity contribution in [2.45, 2.75) is 0 Å². The first-order valence-electron chi connectivity index (χ1n) is 6.82. The number of nitrogens with one attached hydrogen (secondary N) is 1. The maximum atomic E-state index is 6.15. The Morgan fingerprint density at radius 2 is 1.67 bits per heavy atom. The topological polar surface area (TPSA) is 15.8 Å². The standard InChI is InChI=1S/C18H10ClNS/c19-10-5-8-15-14(9-10)12-6-7-13-11-3-1-2-4-16(11)21-18(13)17(12)20-15/h1-9,20H.